The Balaban J connectivity index is 2.37. The van der Waals surface area contributed by atoms with E-state index in [-0.39, 0.29) is 0 Å². The van der Waals surface area contributed by atoms with E-state index < -0.39 is 5.60 Å². The van der Waals surface area contributed by atoms with Crippen molar-refractivity contribution in [2.45, 2.75) is 31.8 Å². The van der Waals surface area contributed by atoms with Gasteiger partial charge in [-0.2, -0.15) is 0 Å². The minimum atomic E-state index is -0.473. The van der Waals surface area contributed by atoms with Crippen molar-refractivity contribution in [1.29, 1.82) is 0 Å². The fourth-order valence-electron chi connectivity index (χ4n) is 1.76. The third kappa shape index (κ3) is 2.18. The van der Waals surface area contributed by atoms with E-state index in [1.54, 1.807) is 7.11 Å². The quantitative estimate of drug-likeness (QED) is 0.916. The highest BCUT2D eigenvalue weighted by atomic mass is 79.9. The normalized spacial score (nSPS) is 17.6. The zero-order chi connectivity index (χ0) is 11.1. The average molecular weight is 271 g/mol. The third-order valence-electron chi connectivity index (χ3n) is 3.04. The Morgan fingerprint density at radius 3 is 2.67 bits per heavy atom. The number of aliphatic hydroxyl groups is 1. The van der Waals surface area contributed by atoms with Crippen LogP contribution in [0.3, 0.4) is 0 Å². The molecule has 0 aromatic heterocycles. The Labute approximate surface area is 98.4 Å². The Morgan fingerprint density at radius 1 is 1.47 bits per heavy atom. The summed E-state index contributed by atoms with van der Waals surface area (Å²) in [5.41, 5.74) is 1.81. The molecule has 2 rings (SSSR count). The second kappa shape index (κ2) is 3.80. The van der Waals surface area contributed by atoms with Gasteiger partial charge in [0.25, 0.3) is 0 Å². The Kier molecular flexibility index (Phi) is 2.77. The summed E-state index contributed by atoms with van der Waals surface area (Å²) < 4.78 is 6.39. The number of hydrogen-bond donors (Lipinski definition) is 1. The molecule has 3 heteroatoms. The van der Waals surface area contributed by atoms with Crippen LogP contribution in [0.2, 0.25) is 0 Å². The van der Waals surface area contributed by atoms with Gasteiger partial charge in [-0.3, -0.25) is 0 Å². The zero-order valence-electron chi connectivity index (χ0n) is 9.01. The molecule has 0 radical (unpaired) electrons. The van der Waals surface area contributed by atoms with Gasteiger partial charge in [-0.15, -0.1) is 0 Å². The summed E-state index contributed by atoms with van der Waals surface area (Å²) in [6.45, 7) is 2.05. The van der Waals surface area contributed by atoms with Crippen LogP contribution in [0.4, 0.5) is 0 Å². The maximum atomic E-state index is 9.95. The SMILES string of the molecule is COc1ccc(Br)c(C)c1CC1(O)CC1. The van der Waals surface area contributed by atoms with E-state index in [9.17, 15) is 5.11 Å². The van der Waals surface area contributed by atoms with Gasteiger partial charge in [0.05, 0.1) is 12.7 Å². The van der Waals surface area contributed by atoms with Crippen LogP contribution in [-0.4, -0.2) is 17.8 Å². The molecule has 1 aromatic carbocycles. The molecule has 15 heavy (non-hydrogen) atoms. The molecule has 1 aromatic rings. The maximum absolute atomic E-state index is 9.95. The van der Waals surface area contributed by atoms with Crippen molar-refractivity contribution >= 4 is 15.9 Å². The highest BCUT2D eigenvalue weighted by molar-refractivity contribution is 9.10. The standard InChI is InChI=1S/C12H15BrO2/c1-8-9(7-12(14)5-6-12)11(15-2)4-3-10(8)13/h3-4,14H,5-7H2,1-2H3. The number of hydrogen-bond acceptors (Lipinski definition) is 2. The number of benzene rings is 1. The van der Waals surface area contributed by atoms with Gasteiger partial charge in [0.15, 0.2) is 0 Å². The van der Waals surface area contributed by atoms with Crippen molar-refractivity contribution in [3.05, 3.63) is 27.7 Å². The molecule has 0 unspecified atom stereocenters. The largest absolute Gasteiger partial charge is 0.496 e. The van der Waals surface area contributed by atoms with E-state index in [0.717, 1.165) is 34.2 Å². The molecule has 1 aliphatic rings. The van der Waals surface area contributed by atoms with E-state index in [4.69, 9.17) is 4.74 Å². The summed E-state index contributed by atoms with van der Waals surface area (Å²) in [4.78, 5) is 0. The lowest BCUT2D eigenvalue weighted by molar-refractivity contribution is 0.149. The Hall–Kier alpha value is -0.540. The molecule has 2 nitrogen and oxygen atoms in total. The third-order valence-corrected chi connectivity index (χ3v) is 3.90. The highest BCUT2D eigenvalue weighted by Gasteiger charge is 2.41. The number of ether oxygens (including phenoxy) is 1. The van der Waals surface area contributed by atoms with Gasteiger partial charge in [0.1, 0.15) is 5.75 Å². The molecule has 1 fully saturated rings. The summed E-state index contributed by atoms with van der Waals surface area (Å²) in [5.74, 6) is 0.871. The molecule has 1 saturated carbocycles. The van der Waals surface area contributed by atoms with Gasteiger partial charge >= 0.3 is 0 Å². The topological polar surface area (TPSA) is 29.5 Å². The Morgan fingerprint density at radius 2 is 2.13 bits per heavy atom. The molecule has 0 atom stereocenters. The van der Waals surface area contributed by atoms with Gasteiger partial charge in [0, 0.05) is 16.5 Å². The van der Waals surface area contributed by atoms with E-state index in [1.807, 2.05) is 19.1 Å². The second-order valence-corrected chi connectivity index (χ2v) is 5.11. The molecule has 0 saturated heterocycles. The molecular formula is C12H15BrO2. The minimum Gasteiger partial charge on any atom is -0.496 e. The van der Waals surface area contributed by atoms with Crippen LogP contribution < -0.4 is 4.74 Å². The smallest absolute Gasteiger partial charge is 0.122 e. The lowest BCUT2D eigenvalue weighted by Gasteiger charge is -2.15. The first-order chi connectivity index (χ1) is 7.06. The van der Waals surface area contributed by atoms with E-state index in [0.29, 0.717) is 6.42 Å². The summed E-state index contributed by atoms with van der Waals surface area (Å²) in [5, 5.41) is 9.95. The Bertz CT molecular complexity index is 383. The summed E-state index contributed by atoms with van der Waals surface area (Å²) in [7, 11) is 1.67. The van der Waals surface area contributed by atoms with Gasteiger partial charge in [-0.05, 0) is 37.5 Å². The van der Waals surface area contributed by atoms with Crippen molar-refractivity contribution in [3.63, 3.8) is 0 Å². The van der Waals surface area contributed by atoms with Crippen LogP contribution >= 0.6 is 15.9 Å². The van der Waals surface area contributed by atoms with E-state index in [2.05, 4.69) is 15.9 Å². The van der Waals surface area contributed by atoms with Crippen LogP contribution in [0, 0.1) is 6.92 Å². The molecule has 0 amide bonds. The van der Waals surface area contributed by atoms with Crippen LogP contribution in [-0.2, 0) is 6.42 Å². The lowest BCUT2D eigenvalue weighted by Crippen LogP contribution is -2.13. The number of halogens is 1. The summed E-state index contributed by atoms with van der Waals surface area (Å²) in [6, 6.07) is 3.92. The molecule has 82 valence electrons. The molecular weight excluding hydrogens is 256 g/mol. The van der Waals surface area contributed by atoms with Crippen molar-refractivity contribution in [3.8, 4) is 5.75 Å². The van der Waals surface area contributed by atoms with Crippen LogP contribution in [0.1, 0.15) is 24.0 Å². The molecule has 0 spiro atoms. The van der Waals surface area contributed by atoms with Gasteiger partial charge in [0.2, 0.25) is 0 Å². The van der Waals surface area contributed by atoms with Crippen molar-refractivity contribution in [1.82, 2.24) is 0 Å². The lowest BCUT2D eigenvalue weighted by atomic mass is 10.0. The first-order valence-electron chi connectivity index (χ1n) is 5.10. The first-order valence-corrected chi connectivity index (χ1v) is 5.89. The van der Waals surface area contributed by atoms with E-state index in [1.165, 1.54) is 0 Å². The second-order valence-electron chi connectivity index (χ2n) is 4.25. The predicted octanol–water partition coefficient (Wildman–Crippen LogP) is 2.83. The van der Waals surface area contributed by atoms with Crippen molar-refractivity contribution in [2.75, 3.05) is 7.11 Å². The molecule has 0 heterocycles. The van der Waals surface area contributed by atoms with Crippen molar-refractivity contribution < 1.29 is 9.84 Å². The van der Waals surface area contributed by atoms with Crippen molar-refractivity contribution in [2.24, 2.45) is 0 Å². The number of methoxy groups -OCH3 is 1. The highest BCUT2D eigenvalue weighted by Crippen LogP contribution is 2.41. The molecule has 0 aliphatic heterocycles. The van der Waals surface area contributed by atoms with Crippen LogP contribution in [0.25, 0.3) is 0 Å². The fourth-order valence-corrected chi connectivity index (χ4v) is 2.14. The molecule has 1 N–H and O–H groups in total. The van der Waals surface area contributed by atoms with Gasteiger partial charge < -0.3 is 9.84 Å². The van der Waals surface area contributed by atoms with Crippen LogP contribution in [0.15, 0.2) is 16.6 Å². The zero-order valence-corrected chi connectivity index (χ0v) is 10.6. The fraction of sp³-hybridized carbons (Fsp3) is 0.500. The van der Waals surface area contributed by atoms with Gasteiger partial charge in [-0.1, -0.05) is 15.9 Å². The van der Waals surface area contributed by atoms with E-state index >= 15 is 0 Å². The summed E-state index contributed by atoms with van der Waals surface area (Å²) in [6.07, 6.45) is 2.51. The molecule has 0 bridgehead atoms. The van der Waals surface area contributed by atoms with Gasteiger partial charge in [-0.25, -0.2) is 0 Å². The average Bonchev–Trinajstić information content (AvgIpc) is 2.92. The maximum Gasteiger partial charge on any atom is 0.122 e. The predicted molar refractivity (Wildman–Crippen MR) is 63.3 cm³/mol. The van der Waals surface area contributed by atoms with Crippen LogP contribution in [0.5, 0.6) is 5.75 Å². The molecule has 1 aliphatic carbocycles. The number of rotatable bonds is 3. The minimum absolute atomic E-state index is 0.473. The first kappa shape index (κ1) is 11.0. The summed E-state index contributed by atoms with van der Waals surface area (Å²) >= 11 is 3.50. The monoisotopic (exact) mass is 270 g/mol.